The summed E-state index contributed by atoms with van der Waals surface area (Å²) in [6.45, 7) is -0.213. The molecule has 1 atom stereocenters. The fourth-order valence-electron chi connectivity index (χ4n) is 3.56. The van der Waals surface area contributed by atoms with Crippen LogP contribution in [0.1, 0.15) is 0 Å². The zero-order chi connectivity index (χ0) is 24.3. The number of rotatable bonds is 7. The number of methoxy groups -OCH3 is 3. The molecule has 0 spiro atoms. The first kappa shape index (κ1) is 23.2. The molecule has 1 heterocycles. The Bertz CT molecular complexity index is 1290. The molecule has 0 radical (unpaired) electrons. The number of anilines is 2. The molecule has 1 unspecified atom stereocenters. The number of nitrogens with zero attached hydrogens (tertiary/aromatic N) is 1. The highest BCUT2D eigenvalue weighted by Crippen LogP contribution is 2.37. The minimum Gasteiger partial charge on any atom is -0.497 e. The normalized spacial score (nSPS) is 15.0. The van der Waals surface area contributed by atoms with E-state index < -0.39 is 22.0 Å². The second-order valence-electron chi connectivity index (χ2n) is 7.34. The molecule has 0 aromatic heterocycles. The molecule has 0 saturated carbocycles. The Kier molecular flexibility index (Phi) is 6.51. The van der Waals surface area contributed by atoms with Crippen molar-refractivity contribution in [3.63, 3.8) is 0 Å². The van der Waals surface area contributed by atoms with Gasteiger partial charge >= 0.3 is 0 Å². The summed E-state index contributed by atoms with van der Waals surface area (Å²) in [6.07, 6.45) is -1.10. The van der Waals surface area contributed by atoms with Crippen molar-refractivity contribution in [1.29, 1.82) is 0 Å². The van der Waals surface area contributed by atoms with Crippen LogP contribution in [0, 0.1) is 0 Å². The molecule has 3 aromatic rings. The van der Waals surface area contributed by atoms with E-state index in [2.05, 4.69) is 5.32 Å². The summed E-state index contributed by atoms with van der Waals surface area (Å²) in [4.78, 5) is 13.2. The van der Waals surface area contributed by atoms with Crippen LogP contribution in [-0.4, -0.2) is 48.3 Å². The fourth-order valence-corrected chi connectivity index (χ4v) is 5.03. The third-order valence-corrected chi connectivity index (χ3v) is 7.14. The van der Waals surface area contributed by atoms with E-state index in [1.54, 1.807) is 54.6 Å². The Balaban J connectivity index is 1.64. The third-order valence-electron chi connectivity index (χ3n) is 5.34. The van der Waals surface area contributed by atoms with E-state index in [4.69, 9.17) is 18.9 Å². The third kappa shape index (κ3) is 4.44. The number of nitrogens with one attached hydrogen (secondary N) is 1. The van der Waals surface area contributed by atoms with Gasteiger partial charge in [0.1, 0.15) is 23.0 Å². The van der Waals surface area contributed by atoms with Gasteiger partial charge in [0.15, 0.2) is 6.10 Å². The van der Waals surface area contributed by atoms with Crippen LogP contribution in [0.5, 0.6) is 23.0 Å². The molecule has 10 heteroatoms. The second-order valence-corrected chi connectivity index (χ2v) is 9.20. The first-order valence-electron chi connectivity index (χ1n) is 10.3. The van der Waals surface area contributed by atoms with Gasteiger partial charge in [0, 0.05) is 6.07 Å². The molecular formula is C24H24N2O7S. The monoisotopic (exact) mass is 484 g/mol. The lowest BCUT2D eigenvalue weighted by Crippen LogP contribution is -2.48. The number of carbonyl (C=O) groups excluding carboxylic acids is 1. The highest BCUT2D eigenvalue weighted by Gasteiger charge is 2.37. The van der Waals surface area contributed by atoms with Gasteiger partial charge in [0.25, 0.3) is 15.9 Å². The van der Waals surface area contributed by atoms with Gasteiger partial charge < -0.3 is 24.3 Å². The predicted octanol–water partition coefficient (Wildman–Crippen LogP) is 3.31. The summed E-state index contributed by atoms with van der Waals surface area (Å²) < 4.78 is 49.7. The van der Waals surface area contributed by atoms with E-state index in [1.165, 1.54) is 37.8 Å². The average Bonchev–Trinajstić information content (AvgIpc) is 2.88. The Morgan fingerprint density at radius 2 is 1.62 bits per heavy atom. The van der Waals surface area contributed by atoms with Gasteiger partial charge in [-0.3, -0.25) is 9.10 Å². The van der Waals surface area contributed by atoms with Crippen LogP contribution in [-0.2, 0) is 14.8 Å². The predicted molar refractivity (Wildman–Crippen MR) is 127 cm³/mol. The Hall–Kier alpha value is -3.92. The van der Waals surface area contributed by atoms with E-state index in [0.29, 0.717) is 28.6 Å². The van der Waals surface area contributed by atoms with E-state index in [0.717, 1.165) is 0 Å². The van der Waals surface area contributed by atoms with E-state index in [-0.39, 0.29) is 17.2 Å². The van der Waals surface area contributed by atoms with Crippen LogP contribution in [0.3, 0.4) is 0 Å². The average molecular weight is 485 g/mol. The molecule has 0 saturated heterocycles. The maximum atomic E-state index is 13.5. The summed E-state index contributed by atoms with van der Waals surface area (Å²) in [7, 11) is 0.517. The zero-order valence-corrected chi connectivity index (χ0v) is 19.7. The van der Waals surface area contributed by atoms with Crippen molar-refractivity contribution >= 4 is 27.3 Å². The molecule has 178 valence electrons. The standard InChI is InChI=1S/C24H24N2O7S/c1-30-16-8-11-18(12-9-16)34(28,29)26-15-23(33-21-7-5-4-6-20(21)26)24(27)25-19-13-10-17(31-2)14-22(19)32-3/h4-14,23H,15H2,1-3H3,(H,25,27). The van der Waals surface area contributed by atoms with Gasteiger partial charge in [-0.05, 0) is 48.5 Å². The topological polar surface area (TPSA) is 103 Å². The fraction of sp³-hybridized carbons (Fsp3) is 0.208. The van der Waals surface area contributed by atoms with Crippen molar-refractivity contribution in [2.45, 2.75) is 11.0 Å². The van der Waals surface area contributed by atoms with Gasteiger partial charge in [-0.2, -0.15) is 0 Å². The number of fused-ring (bicyclic) bond motifs is 1. The number of amides is 1. The van der Waals surface area contributed by atoms with Crippen molar-refractivity contribution in [1.82, 2.24) is 0 Å². The molecule has 1 aliphatic rings. The zero-order valence-electron chi connectivity index (χ0n) is 18.8. The van der Waals surface area contributed by atoms with Crippen LogP contribution in [0.2, 0.25) is 0 Å². The van der Waals surface area contributed by atoms with Crippen molar-refractivity contribution in [3.05, 3.63) is 66.7 Å². The molecule has 1 N–H and O–H groups in total. The number of para-hydroxylation sites is 2. The number of hydrogen-bond acceptors (Lipinski definition) is 7. The van der Waals surface area contributed by atoms with Crippen LogP contribution in [0.4, 0.5) is 11.4 Å². The molecular weight excluding hydrogens is 460 g/mol. The lowest BCUT2D eigenvalue weighted by Gasteiger charge is -2.34. The molecule has 0 aliphatic carbocycles. The van der Waals surface area contributed by atoms with E-state index in [1.807, 2.05) is 0 Å². The number of ether oxygens (including phenoxy) is 4. The van der Waals surface area contributed by atoms with E-state index >= 15 is 0 Å². The summed E-state index contributed by atoms with van der Waals surface area (Å²) >= 11 is 0. The summed E-state index contributed by atoms with van der Waals surface area (Å²) in [5, 5.41) is 2.76. The molecule has 34 heavy (non-hydrogen) atoms. The van der Waals surface area contributed by atoms with Crippen LogP contribution >= 0.6 is 0 Å². The number of carbonyl (C=O) groups is 1. The van der Waals surface area contributed by atoms with Crippen LogP contribution < -0.4 is 28.6 Å². The number of benzene rings is 3. The first-order valence-corrected chi connectivity index (χ1v) is 11.8. The second kappa shape index (κ2) is 9.52. The van der Waals surface area contributed by atoms with Gasteiger partial charge in [-0.25, -0.2) is 8.42 Å². The first-order chi connectivity index (χ1) is 16.4. The lowest BCUT2D eigenvalue weighted by molar-refractivity contribution is -0.122. The maximum absolute atomic E-state index is 13.5. The molecule has 4 rings (SSSR count). The Morgan fingerprint density at radius 3 is 2.29 bits per heavy atom. The van der Waals surface area contributed by atoms with Crippen molar-refractivity contribution in [2.75, 3.05) is 37.5 Å². The molecule has 3 aromatic carbocycles. The number of sulfonamides is 1. The summed E-state index contributed by atoms with van der Waals surface area (Å²) in [6, 6.07) is 17.7. The van der Waals surface area contributed by atoms with Gasteiger partial charge in [0.2, 0.25) is 0 Å². The largest absolute Gasteiger partial charge is 0.497 e. The highest BCUT2D eigenvalue weighted by molar-refractivity contribution is 7.92. The SMILES string of the molecule is COc1ccc(S(=O)(=O)N2CC(C(=O)Nc3ccc(OC)cc3OC)Oc3ccccc32)cc1. The van der Waals surface area contributed by atoms with Crippen molar-refractivity contribution < 1.29 is 32.2 Å². The Labute approximate surface area is 197 Å². The van der Waals surface area contributed by atoms with Gasteiger partial charge in [-0.1, -0.05) is 12.1 Å². The highest BCUT2D eigenvalue weighted by atomic mass is 32.2. The van der Waals surface area contributed by atoms with Crippen LogP contribution in [0.25, 0.3) is 0 Å². The van der Waals surface area contributed by atoms with Crippen LogP contribution in [0.15, 0.2) is 71.6 Å². The van der Waals surface area contributed by atoms with Crippen molar-refractivity contribution in [2.24, 2.45) is 0 Å². The minimum atomic E-state index is -3.98. The summed E-state index contributed by atoms with van der Waals surface area (Å²) in [5.41, 5.74) is 0.754. The molecule has 1 aliphatic heterocycles. The lowest BCUT2D eigenvalue weighted by atomic mass is 10.2. The molecule has 9 nitrogen and oxygen atoms in total. The minimum absolute atomic E-state index is 0.0704. The van der Waals surface area contributed by atoms with Crippen molar-refractivity contribution in [3.8, 4) is 23.0 Å². The Morgan fingerprint density at radius 1 is 0.941 bits per heavy atom. The van der Waals surface area contributed by atoms with Gasteiger partial charge in [0.05, 0.1) is 44.1 Å². The van der Waals surface area contributed by atoms with Gasteiger partial charge in [-0.15, -0.1) is 0 Å². The molecule has 0 fully saturated rings. The quantitative estimate of drug-likeness (QED) is 0.549. The number of hydrogen-bond donors (Lipinski definition) is 1. The molecule has 1 amide bonds. The van der Waals surface area contributed by atoms with E-state index in [9.17, 15) is 13.2 Å². The maximum Gasteiger partial charge on any atom is 0.267 e. The smallest absolute Gasteiger partial charge is 0.267 e. The molecule has 0 bridgehead atoms. The summed E-state index contributed by atoms with van der Waals surface area (Å²) in [5.74, 6) is 1.26.